The van der Waals surface area contributed by atoms with E-state index in [1.165, 1.54) is 10.4 Å². The molecule has 0 fully saturated rings. The summed E-state index contributed by atoms with van der Waals surface area (Å²) in [5, 5.41) is 16.7. The van der Waals surface area contributed by atoms with Crippen molar-refractivity contribution in [3.8, 4) is 0 Å². The number of aliphatic hydroxyl groups is 1. The molecular formula is C33H41FN4O6S3. The fourth-order valence-electron chi connectivity index (χ4n) is 5.24. The van der Waals surface area contributed by atoms with Crippen LogP contribution < -0.4 is 15.8 Å². The summed E-state index contributed by atoms with van der Waals surface area (Å²) in [7, 11) is -8.05. The number of fused-ring (bicyclic) bond motifs is 1. The van der Waals surface area contributed by atoms with Crippen LogP contribution in [0.1, 0.15) is 38.7 Å². The number of nitrogens with two attached hydrogens (primary N) is 1. The van der Waals surface area contributed by atoms with Gasteiger partial charge in [0.25, 0.3) is 10.0 Å². The normalized spacial score (nSPS) is 13.7. The van der Waals surface area contributed by atoms with Gasteiger partial charge in [-0.3, -0.25) is 4.79 Å². The van der Waals surface area contributed by atoms with Gasteiger partial charge in [-0.2, -0.15) is 9.03 Å². The van der Waals surface area contributed by atoms with Crippen LogP contribution >= 0.6 is 11.3 Å². The quantitative estimate of drug-likeness (QED) is 0.0931. The first-order chi connectivity index (χ1) is 22.3. The average Bonchev–Trinajstić information content (AvgIpc) is 3.59. The second-order valence-electron chi connectivity index (χ2n) is 11.8. The molecule has 0 saturated carbocycles. The Morgan fingerprint density at radius 3 is 2.38 bits per heavy atom. The molecule has 4 aromatic rings. The highest BCUT2D eigenvalue weighted by Crippen LogP contribution is 2.25. The fraction of sp³-hybridized carbons (Fsp3) is 0.364. The van der Waals surface area contributed by atoms with Gasteiger partial charge in [0.2, 0.25) is 15.9 Å². The number of anilines is 1. The number of nitrogens with one attached hydrogen (secondary N) is 2. The Morgan fingerprint density at radius 2 is 1.72 bits per heavy atom. The molecule has 0 spiro atoms. The van der Waals surface area contributed by atoms with E-state index in [1.54, 1.807) is 11.4 Å². The van der Waals surface area contributed by atoms with Crippen LogP contribution in [0.2, 0.25) is 0 Å². The molecule has 0 aliphatic rings. The number of rotatable bonds is 17. The molecule has 0 aliphatic carbocycles. The maximum atomic E-state index is 13.7. The number of carbonyl (C=O) groups is 1. The first-order valence-corrected chi connectivity index (χ1v) is 19.1. The maximum Gasteiger partial charge on any atom is 0.250 e. The number of halogens is 1. The van der Waals surface area contributed by atoms with Crippen LogP contribution in [0, 0.1) is 11.7 Å². The van der Waals surface area contributed by atoms with Gasteiger partial charge in [0.1, 0.15) is 16.1 Å². The van der Waals surface area contributed by atoms with E-state index in [0.29, 0.717) is 19.3 Å². The highest BCUT2D eigenvalue weighted by atomic mass is 32.2. The Labute approximate surface area is 279 Å². The lowest BCUT2D eigenvalue weighted by molar-refractivity contribution is -0.122. The van der Waals surface area contributed by atoms with Crippen molar-refractivity contribution in [2.24, 2.45) is 5.92 Å². The van der Waals surface area contributed by atoms with E-state index < -0.39 is 50.5 Å². The molecule has 1 aromatic heterocycles. The van der Waals surface area contributed by atoms with Crippen LogP contribution in [0.5, 0.6) is 0 Å². The number of nitrogens with zero attached hydrogens (tertiary/aromatic N) is 1. The summed E-state index contributed by atoms with van der Waals surface area (Å²) < 4.78 is 70.8. The molecule has 0 unspecified atom stereocenters. The molecule has 5 N–H and O–H groups in total. The first-order valence-electron chi connectivity index (χ1n) is 15.3. The van der Waals surface area contributed by atoms with E-state index in [-0.39, 0.29) is 40.2 Å². The van der Waals surface area contributed by atoms with E-state index in [9.17, 15) is 31.1 Å². The molecule has 2 atom stereocenters. The third-order valence-corrected chi connectivity index (χ3v) is 12.4. The van der Waals surface area contributed by atoms with Gasteiger partial charge in [0.15, 0.2) is 0 Å². The van der Waals surface area contributed by atoms with Crippen LogP contribution in [0.25, 0.3) is 10.8 Å². The number of hydrogen-bond donors (Lipinski definition) is 4. The minimum absolute atomic E-state index is 0.0617. The third-order valence-electron chi connectivity index (χ3n) is 7.63. The topological polar surface area (TPSA) is 159 Å². The van der Waals surface area contributed by atoms with Gasteiger partial charge in [-0.1, -0.05) is 68.8 Å². The standard InChI is InChI=1S/C33H41FN4O6S3/c1-23(2)21-38(47(43,44)28-14-15-29(34)30(35)20-28)27(22-39)10-5-6-16-36-33(40)31(37-46(41,42)32-11-7-17-45-32)19-24-12-13-25-8-3-4-9-26(25)18-24/h3-4,7-9,11-15,17-18,20,23,27,31,37,39H,5-6,10,16,19,21-22,35H2,1-2H3,(H,36,40)/t27-,31+/m1/s1. The van der Waals surface area contributed by atoms with Crippen molar-refractivity contribution in [1.29, 1.82) is 0 Å². The number of amides is 1. The predicted molar refractivity (Wildman–Crippen MR) is 183 cm³/mol. The Bertz CT molecular complexity index is 1870. The number of nitrogen functional groups attached to an aromatic ring is 1. The van der Waals surface area contributed by atoms with Crippen LogP contribution in [-0.4, -0.2) is 63.9 Å². The van der Waals surface area contributed by atoms with Crippen molar-refractivity contribution in [3.05, 3.63) is 89.6 Å². The zero-order chi connectivity index (χ0) is 34.2. The molecular weight excluding hydrogens is 664 g/mol. The highest BCUT2D eigenvalue weighted by molar-refractivity contribution is 7.91. The number of hydrogen-bond acceptors (Lipinski definition) is 8. The molecule has 3 aromatic carbocycles. The molecule has 10 nitrogen and oxygen atoms in total. The predicted octanol–water partition coefficient (Wildman–Crippen LogP) is 4.51. The van der Waals surface area contributed by atoms with Crippen molar-refractivity contribution in [1.82, 2.24) is 14.3 Å². The maximum absolute atomic E-state index is 13.7. The summed E-state index contributed by atoms with van der Waals surface area (Å²) in [6.07, 6.45) is 1.32. The molecule has 14 heteroatoms. The Balaban J connectivity index is 1.41. The number of aliphatic hydroxyl groups excluding tert-OH is 1. The van der Waals surface area contributed by atoms with Gasteiger partial charge in [0, 0.05) is 19.1 Å². The number of thiophene rings is 1. The number of unbranched alkanes of at least 4 members (excludes halogenated alkanes) is 1. The zero-order valence-electron chi connectivity index (χ0n) is 26.3. The largest absolute Gasteiger partial charge is 0.396 e. The van der Waals surface area contributed by atoms with E-state index in [1.807, 2.05) is 56.3 Å². The number of sulfonamides is 2. The van der Waals surface area contributed by atoms with Crippen LogP contribution in [-0.2, 0) is 31.3 Å². The van der Waals surface area contributed by atoms with Crippen molar-refractivity contribution in [3.63, 3.8) is 0 Å². The minimum atomic E-state index is -4.10. The van der Waals surface area contributed by atoms with Crippen LogP contribution in [0.4, 0.5) is 10.1 Å². The van der Waals surface area contributed by atoms with Gasteiger partial charge in [0.05, 0.1) is 17.2 Å². The number of carbonyl (C=O) groups excluding carboxylic acids is 1. The second kappa shape index (κ2) is 16.1. The van der Waals surface area contributed by atoms with E-state index in [0.717, 1.165) is 45.9 Å². The molecule has 0 saturated heterocycles. The summed E-state index contributed by atoms with van der Waals surface area (Å²) in [4.78, 5) is 13.2. The molecule has 1 heterocycles. The lowest BCUT2D eigenvalue weighted by atomic mass is 10.0. The summed E-state index contributed by atoms with van der Waals surface area (Å²) in [5.74, 6) is -1.28. The summed E-state index contributed by atoms with van der Waals surface area (Å²) >= 11 is 1.06. The second-order valence-corrected chi connectivity index (χ2v) is 16.5. The van der Waals surface area contributed by atoms with Crippen LogP contribution in [0.15, 0.2) is 87.3 Å². The van der Waals surface area contributed by atoms with Gasteiger partial charge in [-0.15, -0.1) is 11.3 Å². The van der Waals surface area contributed by atoms with Crippen molar-refractivity contribution >= 4 is 53.8 Å². The third kappa shape index (κ3) is 9.58. The van der Waals surface area contributed by atoms with Crippen molar-refractivity contribution in [2.75, 3.05) is 25.4 Å². The Kier molecular flexibility index (Phi) is 12.5. The Hall–Kier alpha value is -3.40. The van der Waals surface area contributed by atoms with Gasteiger partial charge in [-0.25, -0.2) is 21.2 Å². The highest BCUT2D eigenvalue weighted by Gasteiger charge is 2.32. The monoisotopic (exact) mass is 704 g/mol. The average molecular weight is 705 g/mol. The van der Waals surface area contributed by atoms with E-state index in [4.69, 9.17) is 5.73 Å². The van der Waals surface area contributed by atoms with E-state index in [2.05, 4.69) is 10.0 Å². The van der Waals surface area contributed by atoms with Crippen molar-refractivity contribution < 1.29 is 31.1 Å². The van der Waals surface area contributed by atoms with Crippen LogP contribution in [0.3, 0.4) is 0 Å². The molecule has 4 rings (SSSR count). The number of benzene rings is 3. The van der Waals surface area contributed by atoms with Gasteiger partial charge >= 0.3 is 0 Å². The van der Waals surface area contributed by atoms with Gasteiger partial charge in [-0.05, 0) is 71.2 Å². The molecule has 0 bridgehead atoms. The minimum Gasteiger partial charge on any atom is -0.396 e. The summed E-state index contributed by atoms with van der Waals surface area (Å²) in [6.45, 7) is 3.60. The molecule has 0 radical (unpaired) electrons. The molecule has 47 heavy (non-hydrogen) atoms. The summed E-state index contributed by atoms with van der Waals surface area (Å²) in [5.41, 5.74) is 6.13. The molecule has 1 amide bonds. The molecule has 0 aliphatic heterocycles. The summed E-state index contributed by atoms with van der Waals surface area (Å²) in [6, 6.07) is 18.0. The van der Waals surface area contributed by atoms with Gasteiger partial charge < -0.3 is 16.2 Å². The first kappa shape index (κ1) is 36.4. The zero-order valence-corrected chi connectivity index (χ0v) is 28.8. The Morgan fingerprint density at radius 1 is 0.979 bits per heavy atom. The molecule has 254 valence electrons. The SMILES string of the molecule is CC(C)CN([C@@H](CO)CCCCNC(=O)[C@H](Cc1ccc2ccccc2c1)NS(=O)(=O)c1cccs1)S(=O)(=O)c1ccc(F)c(N)c1. The lowest BCUT2D eigenvalue weighted by Gasteiger charge is -2.31. The smallest absolute Gasteiger partial charge is 0.250 e. The fourth-order valence-corrected chi connectivity index (χ4v) is 9.29. The van der Waals surface area contributed by atoms with E-state index >= 15 is 0 Å². The lowest BCUT2D eigenvalue weighted by Crippen LogP contribution is -2.48. The van der Waals surface area contributed by atoms with Crippen molar-refractivity contribution in [2.45, 2.75) is 60.7 Å².